The smallest absolute Gasteiger partial charge is 0.253 e. The number of amides is 1. The average Bonchev–Trinajstić information content (AvgIpc) is 3.57. The summed E-state index contributed by atoms with van der Waals surface area (Å²) in [6.07, 6.45) is 3.56. The largest absolute Gasteiger partial charge is 0.393 e. The van der Waals surface area contributed by atoms with Crippen molar-refractivity contribution in [3.05, 3.63) is 92.1 Å². The molecule has 0 bridgehead atoms. The van der Waals surface area contributed by atoms with E-state index in [4.69, 9.17) is 23.2 Å². The molecule has 37 heavy (non-hydrogen) atoms. The topological polar surface area (TPSA) is 43.8 Å². The number of thiophene rings is 1. The molecule has 2 saturated heterocycles. The fourth-order valence-electron chi connectivity index (χ4n) is 5.99. The number of carbonyl (C=O) groups excluding carboxylic acids is 1. The van der Waals surface area contributed by atoms with E-state index >= 15 is 0 Å². The van der Waals surface area contributed by atoms with Crippen LogP contribution in [0, 0.1) is 11.8 Å². The summed E-state index contributed by atoms with van der Waals surface area (Å²) in [7, 11) is 0. The number of nitrogens with zero attached hydrogens (tertiary/aromatic N) is 2. The van der Waals surface area contributed by atoms with E-state index < -0.39 is 0 Å². The molecule has 3 unspecified atom stereocenters. The Kier molecular flexibility index (Phi) is 8.89. The fraction of sp³-hybridized carbons (Fsp3) is 0.433. The van der Waals surface area contributed by atoms with Gasteiger partial charge in [0.15, 0.2) is 0 Å². The van der Waals surface area contributed by atoms with E-state index in [2.05, 4.69) is 33.9 Å². The quantitative estimate of drug-likeness (QED) is 0.339. The van der Waals surface area contributed by atoms with Gasteiger partial charge in [0.1, 0.15) is 0 Å². The van der Waals surface area contributed by atoms with Gasteiger partial charge >= 0.3 is 0 Å². The first kappa shape index (κ1) is 26.7. The van der Waals surface area contributed by atoms with Crippen LogP contribution in [0.4, 0.5) is 0 Å². The molecule has 3 heterocycles. The molecule has 196 valence electrons. The van der Waals surface area contributed by atoms with Crippen LogP contribution >= 0.6 is 34.5 Å². The third-order valence-electron chi connectivity index (χ3n) is 7.99. The summed E-state index contributed by atoms with van der Waals surface area (Å²) in [5.41, 5.74) is 3.13. The third kappa shape index (κ3) is 6.76. The van der Waals surface area contributed by atoms with Gasteiger partial charge in [-0.05, 0) is 96.8 Å². The monoisotopic (exact) mass is 556 g/mol. The van der Waals surface area contributed by atoms with Gasteiger partial charge in [0.2, 0.25) is 0 Å². The Hall–Kier alpha value is -1.89. The lowest BCUT2D eigenvalue weighted by atomic mass is 9.87. The Balaban J connectivity index is 1.17. The number of hydrogen-bond acceptors (Lipinski definition) is 4. The number of carbonyl (C=O) groups is 1. The summed E-state index contributed by atoms with van der Waals surface area (Å²) in [5.74, 6) is 1.32. The number of piperidine rings is 1. The van der Waals surface area contributed by atoms with Crippen LogP contribution in [-0.2, 0) is 6.42 Å². The van der Waals surface area contributed by atoms with Gasteiger partial charge in [-0.2, -0.15) is 11.3 Å². The molecule has 2 aliphatic heterocycles. The molecule has 7 heteroatoms. The van der Waals surface area contributed by atoms with Crippen molar-refractivity contribution in [1.29, 1.82) is 0 Å². The highest BCUT2D eigenvalue weighted by Crippen LogP contribution is 2.36. The van der Waals surface area contributed by atoms with Gasteiger partial charge in [-0.15, -0.1) is 0 Å². The highest BCUT2D eigenvalue weighted by Gasteiger charge is 2.38. The molecular weight excluding hydrogens is 523 g/mol. The Morgan fingerprint density at radius 2 is 1.81 bits per heavy atom. The van der Waals surface area contributed by atoms with Crippen molar-refractivity contribution in [3.8, 4) is 0 Å². The normalized spacial score (nSPS) is 21.9. The van der Waals surface area contributed by atoms with Gasteiger partial charge in [0.25, 0.3) is 5.91 Å². The van der Waals surface area contributed by atoms with E-state index in [-0.39, 0.29) is 12.0 Å². The van der Waals surface area contributed by atoms with Crippen molar-refractivity contribution in [3.63, 3.8) is 0 Å². The predicted molar refractivity (Wildman–Crippen MR) is 153 cm³/mol. The highest BCUT2D eigenvalue weighted by atomic mass is 35.5. The molecule has 1 N–H and O–H groups in total. The SMILES string of the molecule is O=C(c1ccc(Cl)c(Cl)c1)N1CC(CN2CCC(CC(O)Cc3ccccc3)CC2)C(c2ccsc2)C1. The van der Waals surface area contributed by atoms with E-state index in [1.165, 1.54) is 11.1 Å². The first-order valence-electron chi connectivity index (χ1n) is 13.2. The van der Waals surface area contributed by atoms with Gasteiger partial charge in [-0.3, -0.25) is 4.79 Å². The van der Waals surface area contributed by atoms with E-state index in [1.807, 2.05) is 23.1 Å². The maximum atomic E-state index is 13.3. The molecule has 0 aliphatic carbocycles. The van der Waals surface area contributed by atoms with Crippen LogP contribution in [0.2, 0.25) is 10.0 Å². The Bertz CT molecular complexity index is 1170. The number of likely N-dealkylation sites (tertiary alicyclic amines) is 2. The molecule has 1 amide bonds. The first-order chi connectivity index (χ1) is 18.0. The summed E-state index contributed by atoms with van der Waals surface area (Å²) in [4.78, 5) is 17.9. The van der Waals surface area contributed by atoms with Crippen molar-refractivity contribution >= 4 is 40.4 Å². The second-order valence-electron chi connectivity index (χ2n) is 10.6. The molecular formula is C30H34Cl2N2O2S. The molecule has 2 aromatic carbocycles. The molecule has 0 radical (unpaired) electrons. The summed E-state index contributed by atoms with van der Waals surface area (Å²) >= 11 is 14.0. The zero-order valence-electron chi connectivity index (χ0n) is 20.9. The van der Waals surface area contributed by atoms with Crippen molar-refractivity contribution in [2.24, 2.45) is 11.8 Å². The Morgan fingerprint density at radius 3 is 2.51 bits per heavy atom. The highest BCUT2D eigenvalue weighted by molar-refractivity contribution is 7.08. The summed E-state index contributed by atoms with van der Waals surface area (Å²) in [6.45, 7) is 4.57. The van der Waals surface area contributed by atoms with Gasteiger partial charge < -0.3 is 14.9 Å². The van der Waals surface area contributed by atoms with Crippen molar-refractivity contribution in [2.45, 2.75) is 37.7 Å². The van der Waals surface area contributed by atoms with Gasteiger partial charge in [0, 0.05) is 31.1 Å². The zero-order valence-corrected chi connectivity index (χ0v) is 23.3. The molecule has 0 spiro atoms. The van der Waals surface area contributed by atoms with Crippen LogP contribution < -0.4 is 0 Å². The molecule has 0 saturated carbocycles. The lowest BCUT2D eigenvalue weighted by Gasteiger charge is -2.35. The summed E-state index contributed by atoms with van der Waals surface area (Å²) in [6, 6.07) is 17.6. The summed E-state index contributed by atoms with van der Waals surface area (Å²) < 4.78 is 0. The van der Waals surface area contributed by atoms with Crippen LogP contribution in [0.25, 0.3) is 0 Å². The Labute approximate surface area is 233 Å². The standard InChI is InChI=1S/C30H34Cl2N2O2S/c31-28-7-6-23(16-29(28)32)30(36)34-18-25(27(19-34)24-10-13-37-20-24)17-33-11-8-22(9-12-33)15-26(35)14-21-4-2-1-3-5-21/h1-7,10,13,16,20,22,25-27,35H,8-9,11-12,14-15,17-19H2. The number of benzene rings is 2. The van der Waals surface area contributed by atoms with Gasteiger partial charge in [-0.1, -0.05) is 53.5 Å². The predicted octanol–water partition coefficient (Wildman–Crippen LogP) is 6.62. The van der Waals surface area contributed by atoms with Crippen molar-refractivity contribution in [1.82, 2.24) is 9.80 Å². The molecule has 3 aromatic rings. The van der Waals surface area contributed by atoms with Crippen LogP contribution in [0.1, 0.15) is 46.7 Å². The maximum Gasteiger partial charge on any atom is 0.253 e. The lowest BCUT2D eigenvalue weighted by molar-refractivity contribution is 0.0777. The molecule has 3 atom stereocenters. The summed E-state index contributed by atoms with van der Waals surface area (Å²) in [5, 5.41) is 15.9. The number of halogens is 2. The second-order valence-corrected chi connectivity index (χ2v) is 12.2. The second kappa shape index (κ2) is 12.3. The van der Waals surface area contributed by atoms with E-state index in [0.29, 0.717) is 33.4 Å². The average molecular weight is 558 g/mol. The molecule has 2 aliphatic rings. The van der Waals surface area contributed by atoms with Crippen LogP contribution in [-0.4, -0.2) is 59.6 Å². The number of aliphatic hydroxyl groups excluding tert-OH is 1. The third-order valence-corrected chi connectivity index (χ3v) is 9.43. The number of hydrogen-bond donors (Lipinski definition) is 1. The van der Waals surface area contributed by atoms with E-state index in [1.54, 1.807) is 29.5 Å². The molecule has 4 nitrogen and oxygen atoms in total. The molecule has 2 fully saturated rings. The number of aliphatic hydroxyl groups is 1. The lowest BCUT2D eigenvalue weighted by Crippen LogP contribution is -2.39. The zero-order chi connectivity index (χ0) is 25.8. The van der Waals surface area contributed by atoms with Crippen LogP contribution in [0.15, 0.2) is 65.4 Å². The number of rotatable bonds is 8. The minimum atomic E-state index is -0.280. The molecule has 1 aromatic heterocycles. The van der Waals surface area contributed by atoms with Crippen molar-refractivity contribution in [2.75, 3.05) is 32.7 Å². The minimum Gasteiger partial charge on any atom is -0.393 e. The minimum absolute atomic E-state index is 0.0207. The van der Waals surface area contributed by atoms with E-state index in [9.17, 15) is 9.90 Å². The van der Waals surface area contributed by atoms with Crippen LogP contribution in [0.5, 0.6) is 0 Å². The van der Waals surface area contributed by atoms with Gasteiger partial charge in [0.05, 0.1) is 16.1 Å². The van der Waals surface area contributed by atoms with E-state index in [0.717, 1.165) is 58.4 Å². The van der Waals surface area contributed by atoms with Gasteiger partial charge in [-0.25, -0.2) is 0 Å². The fourth-order valence-corrected chi connectivity index (χ4v) is 7.01. The van der Waals surface area contributed by atoms with Crippen LogP contribution in [0.3, 0.4) is 0 Å². The first-order valence-corrected chi connectivity index (χ1v) is 14.9. The maximum absolute atomic E-state index is 13.3. The molecule has 5 rings (SSSR count). The van der Waals surface area contributed by atoms with Crippen molar-refractivity contribution < 1.29 is 9.90 Å². The Morgan fingerprint density at radius 1 is 1.03 bits per heavy atom.